The van der Waals surface area contributed by atoms with E-state index in [1.54, 1.807) is 12.1 Å². The van der Waals surface area contributed by atoms with Gasteiger partial charge in [-0.3, -0.25) is 4.79 Å². The van der Waals surface area contributed by atoms with Gasteiger partial charge in [-0.25, -0.2) is 13.6 Å². The normalized spacial score (nSPS) is 12.6. The van der Waals surface area contributed by atoms with Gasteiger partial charge in [0.1, 0.15) is 0 Å². The molecule has 1 amide bonds. The monoisotopic (exact) mass is 332 g/mol. The van der Waals surface area contributed by atoms with Crippen molar-refractivity contribution < 1.29 is 13.2 Å². The lowest BCUT2D eigenvalue weighted by molar-refractivity contribution is -0.121. The van der Waals surface area contributed by atoms with Gasteiger partial charge in [-0.1, -0.05) is 42.5 Å². The SMILES string of the molecule is CC(NC(=O)CCc1ccccc1)c1ccc(S(N)(=O)=O)cc1. The summed E-state index contributed by atoms with van der Waals surface area (Å²) in [6.45, 7) is 1.85. The maximum absolute atomic E-state index is 12.0. The third-order valence-electron chi connectivity index (χ3n) is 3.57. The Morgan fingerprint density at radius 3 is 2.26 bits per heavy atom. The van der Waals surface area contributed by atoms with Crippen LogP contribution in [0.3, 0.4) is 0 Å². The molecule has 0 aliphatic rings. The fourth-order valence-electron chi connectivity index (χ4n) is 2.25. The Morgan fingerprint density at radius 1 is 1.09 bits per heavy atom. The summed E-state index contributed by atoms with van der Waals surface area (Å²) in [7, 11) is -3.69. The summed E-state index contributed by atoms with van der Waals surface area (Å²) in [6, 6.07) is 15.8. The molecule has 0 heterocycles. The van der Waals surface area contributed by atoms with Crippen molar-refractivity contribution in [2.45, 2.75) is 30.7 Å². The molecule has 0 saturated carbocycles. The number of aryl methyl sites for hydroxylation is 1. The number of carbonyl (C=O) groups excluding carboxylic acids is 1. The molecule has 0 aliphatic heterocycles. The number of sulfonamides is 1. The van der Waals surface area contributed by atoms with Crippen LogP contribution in [0.15, 0.2) is 59.5 Å². The summed E-state index contributed by atoms with van der Waals surface area (Å²) >= 11 is 0. The van der Waals surface area contributed by atoms with Crippen molar-refractivity contribution in [3.8, 4) is 0 Å². The average molecular weight is 332 g/mol. The van der Waals surface area contributed by atoms with E-state index >= 15 is 0 Å². The van der Waals surface area contributed by atoms with E-state index in [2.05, 4.69) is 5.32 Å². The van der Waals surface area contributed by atoms with Crippen molar-refractivity contribution in [3.63, 3.8) is 0 Å². The van der Waals surface area contributed by atoms with Gasteiger partial charge in [0.15, 0.2) is 0 Å². The first-order valence-electron chi connectivity index (χ1n) is 7.32. The van der Waals surface area contributed by atoms with Crippen LogP contribution in [-0.2, 0) is 21.2 Å². The van der Waals surface area contributed by atoms with Crippen molar-refractivity contribution in [3.05, 3.63) is 65.7 Å². The van der Waals surface area contributed by atoms with Crippen molar-refractivity contribution in [2.75, 3.05) is 0 Å². The second-order valence-electron chi connectivity index (χ2n) is 5.39. The van der Waals surface area contributed by atoms with Crippen LogP contribution >= 0.6 is 0 Å². The first kappa shape index (κ1) is 17.2. The van der Waals surface area contributed by atoms with Crippen LogP contribution in [0.5, 0.6) is 0 Å². The number of primary sulfonamides is 1. The summed E-state index contributed by atoms with van der Waals surface area (Å²) in [5.74, 6) is -0.0446. The van der Waals surface area contributed by atoms with Crippen LogP contribution in [-0.4, -0.2) is 14.3 Å². The van der Waals surface area contributed by atoms with Crippen molar-refractivity contribution in [1.29, 1.82) is 0 Å². The highest BCUT2D eigenvalue weighted by molar-refractivity contribution is 7.89. The number of nitrogens with two attached hydrogens (primary N) is 1. The third-order valence-corrected chi connectivity index (χ3v) is 4.50. The number of nitrogens with one attached hydrogen (secondary N) is 1. The first-order valence-corrected chi connectivity index (χ1v) is 8.87. The molecule has 3 N–H and O–H groups in total. The van der Waals surface area contributed by atoms with Crippen molar-refractivity contribution in [2.24, 2.45) is 5.14 Å². The predicted octanol–water partition coefficient (Wildman–Crippen LogP) is 2.14. The first-order chi connectivity index (χ1) is 10.9. The number of amides is 1. The van der Waals surface area contributed by atoms with E-state index in [1.807, 2.05) is 37.3 Å². The zero-order valence-electron chi connectivity index (χ0n) is 12.9. The lowest BCUT2D eigenvalue weighted by Crippen LogP contribution is -2.26. The zero-order valence-corrected chi connectivity index (χ0v) is 13.7. The molecular formula is C17H20N2O3S. The summed E-state index contributed by atoms with van der Waals surface area (Å²) in [6.07, 6.45) is 1.09. The summed E-state index contributed by atoms with van der Waals surface area (Å²) < 4.78 is 22.4. The molecule has 0 fully saturated rings. The molecular weight excluding hydrogens is 312 g/mol. The zero-order chi connectivity index (χ0) is 16.9. The fraction of sp³-hybridized carbons (Fsp3) is 0.235. The number of hydrogen-bond donors (Lipinski definition) is 2. The van der Waals surface area contributed by atoms with Gasteiger partial charge in [-0.2, -0.15) is 0 Å². The van der Waals surface area contributed by atoms with E-state index in [4.69, 9.17) is 5.14 Å². The Labute approximate surface area is 136 Å². The highest BCUT2D eigenvalue weighted by Gasteiger charge is 2.12. The van der Waals surface area contributed by atoms with E-state index in [9.17, 15) is 13.2 Å². The van der Waals surface area contributed by atoms with Gasteiger partial charge < -0.3 is 5.32 Å². The molecule has 0 aliphatic carbocycles. The lowest BCUT2D eigenvalue weighted by atomic mass is 10.1. The van der Waals surface area contributed by atoms with Gasteiger partial charge in [-0.05, 0) is 36.6 Å². The largest absolute Gasteiger partial charge is 0.350 e. The molecule has 0 bridgehead atoms. The van der Waals surface area contributed by atoms with E-state index in [0.29, 0.717) is 12.8 Å². The maximum atomic E-state index is 12.0. The van der Waals surface area contributed by atoms with E-state index in [-0.39, 0.29) is 16.8 Å². The van der Waals surface area contributed by atoms with Gasteiger partial charge in [0.05, 0.1) is 10.9 Å². The van der Waals surface area contributed by atoms with Crippen LogP contribution in [0, 0.1) is 0 Å². The molecule has 5 nitrogen and oxygen atoms in total. The Kier molecular flexibility index (Phi) is 5.52. The Hall–Kier alpha value is -2.18. The summed E-state index contributed by atoms with van der Waals surface area (Å²) in [5, 5.41) is 7.97. The summed E-state index contributed by atoms with van der Waals surface area (Å²) in [5.41, 5.74) is 1.94. The number of carbonyl (C=O) groups is 1. The van der Waals surface area contributed by atoms with E-state index in [0.717, 1.165) is 11.1 Å². The Bertz CT molecular complexity index is 756. The molecule has 1 atom stereocenters. The number of benzene rings is 2. The van der Waals surface area contributed by atoms with Gasteiger partial charge >= 0.3 is 0 Å². The minimum atomic E-state index is -3.69. The molecule has 2 rings (SSSR count). The third kappa shape index (κ3) is 5.19. The highest BCUT2D eigenvalue weighted by atomic mass is 32.2. The molecule has 0 radical (unpaired) electrons. The van der Waals surface area contributed by atoms with Crippen molar-refractivity contribution in [1.82, 2.24) is 5.32 Å². The quantitative estimate of drug-likeness (QED) is 0.849. The Balaban J connectivity index is 1.90. The van der Waals surface area contributed by atoms with Crippen LogP contribution in [0.2, 0.25) is 0 Å². The maximum Gasteiger partial charge on any atom is 0.238 e. The van der Waals surface area contributed by atoms with Gasteiger partial charge in [-0.15, -0.1) is 0 Å². The van der Waals surface area contributed by atoms with Gasteiger partial charge in [0.2, 0.25) is 15.9 Å². The predicted molar refractivity (Wildman–Crippen MR) is 89.1 cm³/mol. The molecule has 2 aromatic rings. The number of hydrogen-bond acceptors (Lipinski definition) is 3. The average Bonchev–Trinajstić information content (AvgIpc) is 2.53. The second-order valence-corrected chi connectivity index (χ2v) is 6.95. The molecule has 23 heavy (non-hydrogen) atoms. The number of rotatable bonds is 6. The van der Waals surface area contributed by atoms with Crippen LogP contribution in [0.25, 0.3) is 0 Å². The van der Waals surface area contributed by atoms with E-state index in [1.165, 1.54) is 12.1 Å². The van der Waals surface area contributed by atoms with Gasteiger partial charge in [0.25, 0.3) is 0 Å². The highest BCUT2D eigenvalue weighted by Crippen LogP contribution is 2.15. The minimum absolute atomic E-state index is 0.0446. The molecule has 0 aromatic heterocycles. The summed E-state index contributed by atoms with van der Waals surface area (Å²) in [4.78, 5) is 12.1. The van der Waals surface area contributed by atoms with Crippen LogP contribution in [0.4, 0.5) is 0 Å². The molecule has 0 saturated heterocycles. The van der Waals surface area contributed by atoms with Crippen LogP contribution < -0.4 is 10.5 Å². The Morgan fingerprint density at radius 2 is 1.70 bits per heavy atom. The van der Waals surface area contributed by atoms with E-state index < -0.39 is 10.0 Å². The molecule has 1 unspecified atom stereocenters. The molecule has 2 aromatic carbocycles. The fourth-order valence-corrected chi connectivity index (χ4v) is 2.76. The second kappa shape index (κ2) is 7.39. The standard InChI is InChI=1S/C17H20N2O3S/c1-13(15-8-10-16(11-9-15)23(18,21)22)19-17(20)12-7-14-5-3-2-4-6-14/h2-6,8-11,13H,7,12H2,1H3,(H,19,20)(H2,18,21,22). The molecule has 6 heteroatoms. The topological polar surface area (TPSA) is 89.3 Å². The van der Waals surface area contributed by atoms with Crippen LogP contribution in [0.1, 0.15) is 30.5 Å². The van der Waals surface area contributed by atoms with Gasteiger partial charge in [0, 0.05) is 6.42 Å². The lowest BCUT2D eigenvalue weighted by Gasteiger charge is -2.14. The molecule has 0 spiro atoms. The smallest absolute Gasteiger partial charge is 0.238 e. The molecule has 122 valence electrons. The van der Waals surface area contributed by atoms with Crippen molar-refractivity contribution >= 4 is 15.9 Å². The minimum Gasteiger partial charge on any atom is -0.350 e.